The van der Waals surface area contributed by atoms with Crippen molar-refractivity contribution in [3.63, 3.8) is 0 Å². The Balaban J connectivity index is 2.03. The van der Waals surface area contributed by atoms with Crippen LogP contribution in [0.15, 0.2) is 0 Å². The van der Waals surface area contributed by atoms with Gasteiger partial charge in [-0.3, -0.25) is 5.04 Å². The number of rotatable bonds is 5. The number of esters is 1. The summed E-state index contributed by atoms with van der Waals surface area (Å²) >= 11 is -1.06. The van der Waals surface area contributed by atoms with Gasteiger partial charge in [0, 0.05) is 0 Å². The van der Waals surface area contributed by atoms with Gasteiger partial charge in [0.1, 0.15) is 6.10 Å². The molecule has 0 aromatic rings. The SMILES string of the molecule is O=C(OC1CC2CCC1C2)C(F)(SOO[O-])C(F)(F)F. The highest BCUT2D eigenvalue weighted by Crippen LogP contribution is 2.49. The number of alkyl halides is 4. The zero-order valence-corrected chi connectivity index (χ0v) is 10.8. The Morgan fingerprint density at radius 2 is 1.90 bits per heavy atom. The van der Waals surface area contributed by atoms with Crippen LogP contribution >= 0.6 is 12.0 Å². The Morgan fingerprint density at radius 3 is 2.35 bits per heavy atom. The number of halogens is 4. The molecule has 116 valence electrons. The highest BCUT2D eigenvalue weighted by molar-refractivity contribution is 7.96. The Kier molecular flexibility index (Phi) is 4.47. The lowest BCUT2D eigenvalue weighted by Gasteiger charge is -2.28. The van der Waals surface area contributed by atoms with E-state index in [-0.39, 0.29) is 5.92 Å². The largest absolute Gasteiger partial charge is 0.691 e. The number of ether oxygens (including phenoxy) is 1. The maximum absolute atomic E-state index is 13.8. The molecule has 0 aliphatic heterocycles. The van der Waals surface area contributed by atoms with Crippen molar-refractivity contribution in [2.45, 2.75) is 43.0 Å². The van der Waals surface area contributed by atoms with Gasteiger partial charge in [-0.05, 0) is 37.5 Å². The van der Waals surface area contributed by atoms with Crippen molar-refractivity contribution in [3.05, 3.63) is 0 Å². The molecule has 2 saturated carbocycles. The molecule has 2 bridgehead atoms. The summed E-state index contributed by atoms with van der Waals surface area (Å²) < 4.78 is 59.6. The molecule has 0 aromatic carbocycles. The van der Waals surface area contributed by atoms with Crippen LogP contribution in [0.2, 0.25) is 0 Å². The second-order valence-electron chi connectivity index (χ2n) is 4.93. The van der Waals surface area contributed by atoms with Crippen LogP contribution in [0.1, 0.15) is 25.7 Å². The van der Waals surface area contributed by atoms with Gasteiger partial charge in [-0.25, -0.2) is 9.18 Å². The molecule has 0 radical (unpaired) electrons. The van der Waals surface area contributed by atoms with E-state index in [0.29, 0.717) is 12.3 Å². The summed E-state index contributed by atoms with van der Waals surface area (Å²) in [6, 6.07) is 0. The van der Waals surface area contributed by atoms with E-state index in [1.165, 1.54) is 0 Å². The first-order valence-corrected chi connectivity index (χ1v) is 6.63. The second-order valence-corrected chi connectivity index (χ2v) is 5.80. The number of fused-ring (bicyclic) bond motifs is 2. The molecule has 2 aliphatic rings. The van der Waals surface area contributed by atoms with Crippen LogP contribution in [-0.2, 0) is 18.9 Å². The minimum atomic E-state index is -5.59. The zero-order valence-electron chi connectivity index (χ0n) is 10.0. The van der Waals surface area contributed by atoms with Gasteiger partial charge < -0.3 is 9.99 Å². The number of carbonyl (C=O) groups excluding carboxylic acids is 1. The molecule has 20 heavy (non-hydrogen) atoms. The van der Waals surface area contributed by atoms with Gasteiger partial charge in [0.15, 0.2) is 0 Å². The summed E-state index contributed by atoms with van der Waals surface area (Å²) in [5, 5.41) is 7.73. The van der Waals surface area contributed by atoms with E-state index in [1.54, 1.807) is 0 Å². The number of hydrogen-bond donors (Lipinski definition) is 0. The van der Waals surface area contributed by atoms with Gasteiger partial charge in [-0.2, -0.15) is 17.5 Å². The maximum atomic E-state index is 13.8. The van der Waals surface area contributed by atoms with Crippen LogP contribution in [-0.4, -0.2) is 23.3 Å². The molecule has 4 atom stereocenters. The first-order valence-electron chi connectivity index (χ1n) is 5.89. The Bertz CT molecular complexity index is 379. The Morgan fingerprint density at radius 1 is 1.20 bits per heavy atom. The standard InChI is InChI=1S/C10H12F4O5S/c11-9(10(12,13)14,20-19-18-16)8(15)17-7-4-5-1-2-6(7)3-5/h5-7,16H,1-4H2/p-1. The van der Waals surface area contributed by atoms with Crippen LogP contribution in [0.4, 0.5) is 17.6 Å². The van der Waals surface area contributed by atoms with Gasteiger partial charge >= 0.3 is 17.1 Å². The van der Waals surface area contributed by atoms with Crippen molar-refractivity contribution in [1.82, 2.24) is 0 Å². The van der Waals surface area contributed by atoms with E-state index in [9.17, 15) is 27.6 Å². The molecule has 0 saturated heterocycles. The van der Waals surface area contributed by atoms with Crippen LogP contribution in [0.5, 0.6) is 0 Å². The van der Waals surface area contributed by atoms with E-state index >= 15 is 0 Å². The predicted molar refractivity (Wildman–Crippen MR) is 55.0 cm³/mol. The summed E-state index contributed by atoms with van der Waals surface area (Å²) in [5.41, 5.74) is 0. The molecule has 0 spiro atoms. The van der Waals surface area contributed by atoms with E-state index in [0.717, 1.165) is 19.3 Å². The molecule has 0 amide bonds. The van der Waals surface area contributed by atoms with E-state index in [4.69, 9.17) is 0 Å². The van der Waals surface area contributed by atoms with Gasteiger partial charge in [-0.1, -0.05) is 0 Å². The lowest BCUT2D eigenvalue weighted by atomic mass is 9.98. The van der Waals surface area contributed by atoms with Crippen molar-refractivity contribution in [2.24, 2.45) is 11.8 Å². The molecule has 0 heterocycles. The summed E-state index contributed by atoms with van der Waals surface area (Å²) in [4.78, 5) is 11.5. The average molecular weight is 319 g/mol. The van der Waals surface area contributed by atoms with E-state index in [1.807, 2.05) is 0 Å². The van der Waals surface area contributed by atoms with Crippen molar-refractivity contribution < 1.29 is 41.7 Å². The normalized spacial score (nSPS) is 32.1. The van der Waals surface area contributed by atoms with Crippen molar-refractivity contribution in [3.8, 4) is 0 Å². The third-order valence-corrected chi connectivity index (χ3v) is 4.49. The van der Waals surface area contributed by atoms with Crippen molar-refractivity contribution >= 4 is 18.0 Å². The Labute approximate surface area is 115 Å². The Hall–Kier alpha value is -0.580. The molecule has 5 nitrogen and oxygen atoms in total. The highest BCUT2D eigenvalue weighted by Gasteiger charge is 2.66. The third kappa shape index (κ3) is 2.87. The topological polar surface area (TPSA) is 67.8 Å². The van der Waals surface area contributed by atoms with Crippen molar-refractivity contribution in [2.75, 3.05) is 0 Å². The van der Waals surface area contributed by atoms with Gasteiger partial charge in [-0.15, -0.1) is 0 Å². The van der Waals surface area contributed by atoms with Crippen LogP contribution in [0.25, 0.3) is 0 Å². The van der Waals surface area contributed by atoms with Gasteiger partial charge in [0.2, 0.25) is 0 Å². The van der Waals surface area contributed by atoms with Gasteiger partial charge in [0.05, 0.1) is 12.0 Å². The number of carbonyl (C=O) groups is 1. The van der Waals surface area contributed by atoms with Gasteiger partial charge in [0.25, 0.3) is 0 Å². The first kappa shape index (κ1) is 15.8. The lowest BCUT2D eigenvalue weighted by molar-refractivity contribution is -0.777. The summed E-state index contributed by atoms with van der Waals surface area (Å²) in [7, 11) is 0. The zero-order chi connectivity index (χ0) is 15.0. The molecule has 0 aromatic heterocycles. The summed E-state index contributed by atoms with van der Waals surface area (Å²) in [6.45, 7) is 0. The second kappa shape index (κ2) is 5.66. The fourth-order valence-electron chi connectivity index (χ4n) is 2.80. The molecule has 2 rings (SSSR count). The highest BCUT2D eigenvalue weighted by atomic mass is 32.2. The minimum absolute atomic E-state index is 0.0249. The summed E-state index contributed by atoms with van der Waals surface area (Å²) in [6.07, 6.45) is -3.40. The molecular formula is C10H11F4O5S-. The van der Waals surface area contributed by atoms with E-state index in [2.05, 4.69) is 14.1 Å². The molecular weight excluding hydrogens is 308 g/mol. The quantitative estimate of drug-likeness (QED) is 0.253. The van der Waals surface area contributed by atoms with Crippen molar-refractivity contribution in [1.29, 1.82) is 0 Å². The molecule has 4 unspecified atom stereocenters. The molecule has 0 N–H and O–H groups in total. The number of hydrogen-bond acceptors (Lipinski definition) is 6. The molecule has 2 aliphatic carbocycles. The maximum Gasteiger partial charge on any atom is 0.446 e. The summed E-state index contributed by atoms with van der Waals surface area (Å²) in [5.74, 6) is -1.83. The smallest absolute Gasteiger partial charge is 0.446 e. The van der Waals surface area contributed by atoms with Crippen LogP contribution in [0.3, 0.4) is 0 Å². The third-order valence-electron chi connectivity index (χ3n) is 3.74. The average Bonchev–Trinajstić information content (AvgIpc) is 2.96. The van der Waals surface area contributed by atoms with Crippen LogP contribution in [0, 0.1) is 11.8 Å². The van der Waals surface area contributed by atoms with Crippen LogP contribution < -0.4 is 5.26 Å². The fraction of sp³-hybridized carbons (Fsp3) is 0.900. The lowest BCUT2D eigenvalue weighted by Crippen LogP contribution is -2.48. The molecule has 2 fully saturated rings. The predicted octanol–water partition coefficient (Wildman–Crippen LogP) is 1.82. The first-order chi connectivity index (χ1) is 9.28. The fourth-order valence-corrected chi connectivity index (χ4v) is 3.13. The molecule has 10 heteroatoms. The minimum Gasteiger partial charge on any atom is -0.691 e. The monoisotopic (exact) mass is 319 g/mol. The van der Waals surface area contributed by atoms with E-state index < -0.39 is 35.3 Å².